The SMILES string of the molecule is OC(Cc1ccccc1F)C1(O)CCCCC1. The number of hydrogen-bond donors (Lipinski definition) is 2. The minimum atomic E-state index is -1.03. The highest BCUT2D eigenvalue weighted by Crippen LogP contribution is 2.32. The Morgan fingerprint density at radius 2 is 1.82 bits per heavy atom. The summed E-state index contributed by atoms with van der Waals surface area (Å²) in [7, 11) is 0. The van der Waals surface area contributed by atoms with Crippen molar-refractivity contribution in [1.29, 1.82) is 0 Å². The Morgan fingerprint density at radius 1 is 1.18 bits per heavy atom. The molecule has 0 saturated heterocycles. The summed E-state index contributed by atoms with van der Waals surface area (Å²) >= 11 is 0. The smallest absolute Gasteiger partial charge is 0.126 e. The molecule has 1 aromatic rings. The van der Waals surface area contributed by atoms with Crippen molar-refractivity contribution in [2.45, 2.75) is 50.2 Å². The van der Waals surface area contributed by atoms with E-state index in [1.165, 1.54) is 6.07 Å². The third kappa shape index (κ3) is 2.85. The van der Waals surface area contributed by atoms with Gasteiger partial charge in [-0.1, -0.05) is 37.5 Å². The van der Waals surface area contributed by atoms with Crippen LogP contribution in [0.2, 0.25) is 0 Å². The van der Waals surface area contributed by atoms with Gasteiger partial charge in [-0.05, 0) is 24.5 Å². The molecular formula is C14H19FO2. The maximum Gasteiger partial charge on any atom is 0.126 e. The zero-order valence-electron chi connectivity index (χ0n) is 9.90. The first-order chi connectivity index (χ1) is 8.12. The van der Waals surface area contributed by atoms with Gasteiger partial charge in [0.05, 0.1) is 11.7 Å². The Morgan fingerprint density at radius 3 is 2.47 bits per heavy atom. The first kappa shape index (κ1) is 12.5. The van der Waals surface area contributed by atoms with Gasteiger partial charge in [-0.2, -0.15) is 0 Å². The van der Waals surface area contributed by atoms with Crippen molar-refractivity contribution in [3.05, 3.63) is 35.6 Å². The minimum absolute atomic E-state index is 0.184. The summed E-state index contributed by atoms with van der Waals surface area (Å²) in [6, 6.07) is 6.41. The van der Waals surface area contributed by atoms with Gasteiger partial charge in [0.25, 0.3) is 0 Å². The largest absolute Gasteiger partial charge is 0.390 e. The molecule has 0 amide bonds. The third-order valence-corrected chi connectivity index (χ3v) is 3.71. The van der Waals surface area contributed by atoms with Gasteiger partial charge in [-0.3, -0.25) is 0 Å². The van der Waals surface area contributed by atoms with Crippen molar-refractivity contribution in [2.24, 2.45) is 0 Å². The molecule has 1 saturated carbocycles. The molecule has 0 aliphatic heterocycles. The predicted molar refractivity (Wildman–Crippen MR) is 64.1 cm³/mol. The van der Waals surface area contributed by atoms with Crippen molar-refractivity contribution in [2.75, 3.05) is 0 Å². The molecule has 2 N–H and O–H groups in total. The standard InChI is InChI=1S/C14H19FO2/c15-12-7-3-2-6-11(12)10-13(16)14(17)8-4-1-5-9-14/h2-3,6-7,13,16-17H,1,4-5,8-10H2. The fraction of sp³-hybridized carbons (Fsp3) is 0.571. The Kier molecular flexibility index (Phi) is 3.79. The topological polar surface area (TPSA) is 40.5 Å². The first-order valence-corrected chi connectivity index (χ1v) is 6.26. The third-order valence-electron chi connectivity index (χ3n) is 3.71. The Hall–Kier alpha value is -0.930. The Balaban J connectivity index is 2.05. The molecule has 0 aromatic heterocycles. The maximum absolute atomic E-state index is 13.4. The molecule has 0 bridgehead atoms. The normalized spacial score (nSPS) is 21.1. The van der Waals surface area contributed by atoms with Crippen molar-refractivity contribution < 1.29 is 14.6 Å². The van der Waals surface area contributed by atoms with Crippen molar-refractivity contribution >= 4 is 0 Å². The van der Waals surface area contributed by atoms with Crippen LogP contribution < -0.4 is 0 Å². The second kappa shape index (κ2) is 5.15. The molecule has 0 spiro atoms. The molecule has 2 nitrogen and oxygen atoms in total. The summed E-state index contributed by atoms with van der Waals surface area (Å²) in [5.41, 5.74) is -0.556. The number of benzene rings is 1. The lowest BCUT2D eigenvalue weighted by Gasteiger charge is -2.36. The van der Waals surface area contributed by atoms with E-state index >= 15 is 0 Å². The van der Waals surface area contributed by atoms with Crippen molar-refractivity contribution in [1.82, 2.24) is 0 Å². The number of halogens is 1. The molecular weight excluding hydrogens is 219 g/mol. The van der Waals surface area contributed by atoms with Gasteiger partial charge in [0.1, 0.15) is 5.82 Å². The molecule has 1 aromatic carbocycles. The van der Waals surface area contributed by atoms with Crippen LogP contribution in [0.4, 0.5) is 4.39 Å². The maximum atomic E-state index is 13.4. The summed E-state index contributed by atoms with van der Waals surface area (Å²) in [6.07, 6.45) is 3.51. The summed E-state index contributed by atoms with van der Waals surface area (Å²) in [5, 5.41) is 20.4. The van der Waals surface area contributed by atoms with E-state index in [0.29, 0.717) is 18.4 Å². The van der Waals surface area contributed by atoms with Gasteiger partial charge in [0.2, 0.25) is 0 Å². The Bertz CT molecular complexity index is 372. The zero-order valence-corrected chi connectivity index (χ0v) is 9.90. The van der Waals surface area contributed by atoms with Crippen LogP contribution in [0.1, 0.15) is 37.7 Å². The van der Waals surface area contributed by atoms with E-state index in [-0.39, 0.29) is 12.2 Å². The molecule has 1 aliphatic carbocycles. The van der Waals surface area contributed by atoms with E-state index in [1.807, 2.05) is 0 Å². The number of aliphatic hydroxyl groups is 2. The molecule has 1 aliphatic rings. The van der Waals surface area contributed by atoms with E-state index in [2.05, 4.69) is 0 Å². The van der Waals surface area contributed by atoms with Crippen LogP contribution in [0.5, 0.6) is 0 Å². The van der Waals surface area contributed by atoms with Crippen LogP contribution in [0.15, 0.2) is 24.3 Å². The summed E-state index contributed by atoms with van der Waals surface area (Å²) in [5.74, 6) is -0.314. The summed E-state index contributed by atoms with van der Waals surface area (Å²) < 4.78 is 13.4. The molecule has 1 atom stereocenters. The number of rotatable bonds is 3. The van der Waals surface area contributed by atoms with Crippen LogP contribution in [-0.4, -0.2) is 21.9 Å². The lowest BCUT2D eigenvalue weighted by Crippen LogP contribution is -2.45. The minimum Gasteiger partial charge on any atom is -0.390 e. The average Bonchev–Trinajstić information content (AvgIpc) is 2.33. The molecule has 1 fully saturated rings. The monoisotopic (exact) mass is 238 g/mol. The van der Waals surface area contributed by atoms with E-state index in [1.54, 1.807) is 18.2 Å². The molecule has 1 unspecified atom stereocenters. The van der Waals surface area contributed by atoms with Gasteiger partial charge in [0.15, 0.2) is 0 Å². The van der Waals surface area contributed by atoms with Gasteiger partial charge in [0, 0.05) is 6.42 Å². The van der Waals surface area contributed by atoms with Crippen LogP contribution in [0.25, 0.3) is 0 Å². The van der Waals surface area contributed by atoms with E-state index < -0.39 is 11.7 Å². The second-order valence-corrected chi connectivity index (χ2v) is 4.98. The quantitative estimate of drug-likeness (QED) is 0.849. The molecule has 17 heavy (non-hydrogen) atoms. The van der Waals surface area contributed by atoms with E-state index in [0.717, 1.165) is 19.3 Å². The van der Waals surface area contributed by atoms with E-state index in [4.69, 9.17) is 0 Å². The van der Waals surface area contributed by atoms with Gasteiger partial charge in [-0.15, -0.1) is 0 Å². The molecule has 0 heterocycles. The van der Waals surface area contributed by atoms with Crippen molar-refractivity contribution in [3.63, 3.8) is 0 Å². The van der Waals surface area contributed by atoms with Crippen LogP contribution >= 0.6 is 0 Å². The summed E-state index contributed by atoms with van der Waals surface area (Å²) in [6.45, 7) is 0. The lowest BCUT2D eigenvalue weighted by molar-refractivity contribution is -0.0962. The molecule has 0 radical (unpaired) electrons. The Labute approximate surface area is 101 Å². The average molecular weight is 238 g/mol. The molecule has 94 valence electrons. The molecule has 2 rings (SSSR count). The number of hydrogen-bond acceptors (Lipinski definition) is 2. The van der Waals surface area contributed by atoms with Gasteiger partial charge >= 0.3 is 0 Å². The number of aliphatic hydroxyl groups excluding tert-OH is 1. The highest BCUT2D eigenvalue weighted by atomic mass is 19.1. The summed E-state index contributed by atoms with van der Waals surface area (Å²) in [4.78, 5) is 0. The highest BCUT2D eigenvalue weighted by Gasteiger charge is 2.36. The van der Waals surface area contributed by atoms with Gasteiger partial charge < -0.3 is 10.2 Å². The molecule has 3 heteroatoms. The van der Waals surface area contributed by atoms with Gasteiger partial charge in [-0.25, -0.2) is 4.39 Å². The van der Waals surface area contributed by atoms with Crippen molar-refractivity contribution in [3.8, 4) is 0 Å². The highest BCUT2D eigenvalue weighted by molar-refractivity contribution is 5.19. The predicted octanol–water partition coefficient (Wildman–Crippen LogP) is 2.42. The fourth-order valence-corrected chi connectivity index (χ4v) is 2.56. The van der Waals surface area contributed by atoms with Crippen LogP contribution in [-0.2, 0) is 6.42 Å². The zero-order chi connectivity index (χ0) is 12.3. The van der Waals surface area contributed by atoms with Crippen LogP contribution in [0.3, 0.4) is 0 Å². The lowest BCUT2D eigenvalue weighted by atomic mass is 9.79. The van der Waals surface area contributed by atoms with Crippen LogP contribution in [0, 0.1) is 5.82 Å². The van der Waals surface area contributed by atoms with E-state index in [9.17, 15) is 14.6 Å². The first-order valence-electron chi connectivity index (χ1n) is 6.26. The second-order valence-electron chi connectivity index (χ2n) is 4.98. The fourth-order valence-electron chi connectivity index (χ4n) is 2.56.